The molecule has 1 aromatic carbocycles. The van der Waals surface area contributed by atoms with Crippen molar-refractivity contribution in [2.75, 3.05) is 6.61 Å². The SMILES string of the molecule is CC(=O)c1ccc(Cl)cc1-c1cc(=O)[nH]nc1OCC(F)(F)F. The molecule has 1 heterocycles. The summed E-state index contributed by atoms with van der Waals surface area (Å²) in [5, 5.41) is 5.71. The molecule has 9 heteroatoms. The van der Waals surface area contributed by atoms with E-state index in [9.17, 15) is 22.8 Å². The first-order valence-electron chi connectivity index (χ1n) is 6.27. The number of carbonyl (C=O) groups is 1. The lowest BCUT2D eigenvalue weighted by atomic mass is 9.98. The van der Waals surface area contributed by atoms with Crippen LogP contribution in [-0.2, 0) is 0 Å². The maximum Gasteiger partial charge on any atom is 0.422 e. The molecule has 1 aromatic heterocycles. The minimum Gasteiger partial charge on any atom is -0.467 e. The van der Waals surface area contributed by atoms with Gasteiger partial charge in [-0.05, 0) is 30.7 Å². The molecule has 122 valence electrons. The van der Waals surface area contributed by atoms with E-state index in [1.807, 2.05) is 5.10 Å². The Morgan fingerprint density at radius 3 is 2.61 bits per heavy atom. The van der Waals surface area contributed by atoms with Crippen molar-refractivity contribution in [3.05, 3.63) is 45.2 Å². The van der Waals surface area contributed by atoms with Crippen LogP contribution in [0.4, 0.5) is 13.2 Å². The highest BCUT2D eigenvalue weighted by Crippen LogP contribution is 2.32. The van der Waals surface area contributed by atoms with Gasteiger partial charge in [-0.3, -0.25) is 9.59 Å². The number of Topliss-reactive ketones (excluding diaryl/α,β-unsaturated/α-hetero) is 1. The van der Waals surface area contributed by atoms with Crippen LogP contribution in [0.2, 0.25) is 5.02 Å². The summed E-state index contributed by atoms with van der Waals surface area (Å²) in [6.45, 7) is -0.307. The minimum absolute atomic E-state index is 0.0503. The second-order valence-electron chi connectivity index (χ2n) is 4.60. The number of benzene rings is 1. The molecule has 0 aliphatic rings. The fourth-order valence-corrected chi connectivity index (χ4v) is 2.06. The number of aromatic amines is 1. The largest absolute Gasteiger partial charge is 0.467 e. The van der Waals surface area contributed by atoms with Gasteiger partial charge in [-0.2, -0.15) is 13.2 Å². The molecule has 5 nitrogen and oxygen atoms in total. The van der Waals surface area contributed by atoms with E-state index in [4.69, 9.17) is 11.6 Å². The lowest BCUT2D eigenvalue weighted by Gasteiger charge is -2.13. The van der Waals surface area contributed by atoms with Crippen LogP contribution in [0.1, 0.15) is 17.3 Å². The predicted molar refractivity (Wildman–Crippen MR) is 76.9 cm³/mol. The van der Waals surface area contributed by atoms with Crippen LogP contribution in [0.3, 0.4) is 0 Å². The van der Waals surface area contributed by atoms with Gasteiger partial charge in [0.05, 0.1) is 5.56 Å². The van der Waals surface area contributed by atoms with Crippen LogP contribution >= 0.6 is 11.6 Å². The maximum absolute atomic E-state index is 12.3. The molecule has 0 bridgehead atoms. The molecule has 0 aliphatic carbocycles. The monoisotopic (exact) mass is 346 g/mol. The first-order chi connectivity index (χ1) is 10.7. The normalized spacial score (nSPS) is 11.3. The zero-order chi connectivity index (χ0) is 17.2. The van der Waals surface area contributed by atoms with E-state index in [1.165, 1.54) is 25.1 Å². The average Bonchev–Trinajstić information content (AvgIpc) is 2.44. The number of hydrogen-bond donors (Lipinski definition) is 1. The van der Waals surface area contributed by atoms with E-state index in [0.717, 1.165) is 6.07 Å². The Bertz CT molecular complexity index is 803. The maximum atomic E-state index is 12.3. The third kappa shape index (κ3) is 4.32. The number of H-pyrrole nitrogens is 1. The smallest absolute Gasteiger partial charge is 0.422 e. The molecular formula is C14H10ClF3N2O3. The molecule has 0 radical (unpaired) electrons. The number of nitrogens with one attached hydrogen (secondary N) is 1. The molecule has 0 aliphatic heterocycles. The van der Waals surface area contributed by atoms with Crippen molar-refractivity contribution in [1.82, 2.24) is 10.2 Å². The van der Waals surface area contributed by atoms with Gasteiger partial charge in [0.25, 0.3) is 5.56 Å². The topological polar surface area (TPSA) is 72.0 Å². The van der Waals surface area contributed by atoms with Crippen molar-refractivity contribution in [3.63, 3.8) is 0 Å². The van der Waals surface area contributed by atoms with Crippen LogP contribution in [-0.4, -0.2) is 28.8 Å². The van der Waals surface area contributed by atoms with Crippen molar-refractivity contribution in [1.29, 1.82) is 0 Å². The number of alkyl halides is 3. The van der Waals surface area contributed by atoms with E-state index in [2.05, 4.69) is 9.84 Å². The van der Waals surface area contributed by atoms with E-state index in [0.29, 0.717) is 0 Å². The Morgan fingerprint density at radius 1 is 1.30 bits per heavy atom. The molecule has 0 unspecified atom stereocenters. The Hall–Kier alpha value is -2.35. The zero-order valence-corrected chi connectivity index (χ0v) is 12.5. The number of nitrogens with zero attached hydrogens (tertiary/aromatic N) is 1. The molecule has 0 amide bonds. The highest BCUT2D eigenvalue weighted by molar-refractivity contribution is 6.31. The number of hydrogen-bond acceptors (Lipinski definition) is 4. The molecule has 0 fully saturated rings. The number of aromatic nitrogens is 2. The first kappa shape index (κ1) is 17.0. The van der Waals surface area contributed by atoms with Gasteiger partial charge in [-0.25, -0.2) is 5.10 Å². The van der Waals surface area contributed by atoms with Gasteiger partial charge in [0.2, 0.25) is 5.88 Å². The first-order valence-corrected chi connectivity index (χ1v) is 6.65. The van der Waals surface area contributed by atoms with Gasteiger partial charge in [-0.15, -0.1) is 5.10 Å². The summed E-state index contributed by atoms with van der Waals surface area (Å²) in [5.74, 6) is -0.801. The summed E-state index contributed by atoms with van der Waals surface area (Å²) < 4.78 is 41.6. The van der Waals surface area contributed by atoms with E-state index in [-0.39, 0.29) is 27.5 Å². The lowest BCUT2D eigenvalue weighted by molar-refractivity contribution is -0.154. The summed E-state index contributed by atoms with van der Waals surface area (Å²) in [7, 11) is 0. The summed E-state index contributed by atoms with van der Waals surface area (Å²) in [6.07, 6.45) is -4.58. The summed E-state index contributed by atoms with van der Waals surface area (Å²) in [6, 6.07) is 5.22. The predicted octanol–water partition coefficient (Wildman–Crippen LogP) is 3.23. The lowest BCUT2D eigenvalue weighted by Crippen LogP contribution is -2.21. The summed E-state index contributed by atoms with van der Waals surface area (Å²) >= 11 is 5.87. The van der Waals surface area contributed by atoms with Gasteiger partial charge >= 0.3 is 6.18 Å². The van der Waals surface area contributed by atoms with Crippen LogP contribution in [0.15, 0.2) is 29.1 Å². The average molecular weight is 347 g/mol. The van der Waals surface area contributed by atoms with Crippen molar-refractivity contribution < 1.29 is 22.7 Å². The van der Waals surface area contributed by atoms with Gasteiger partial charge in [0.15, 0.2) is 12.4 Å². The molecule has 0 saturated carbocycles. The Morgan fingerprint density at radius 2 is 2.00 bits per heavy atom. The fourth-order valence-electron chi connectivity index (χ4n) is 1.89. The van der Waals surface area contributed by atoms with Gasteiger partial charge in [0, 0.05) is 16.7 Å². The van der Waals surface area contributed by atoms with Gasteiger partial charge in [-0.1, -0.05) is 11.6 Å². The fraction of sp³-hybridized carbons (Fsp3) is 0.214. The second-order valence-corrected chi connectivity index (χ2v) is 5.04. The number of halogens is 4. The van der Waals surface area contributed by atoms with Crippen molar-refractivity contribution in [3.8, 4) is 17.0 Å². The van der Waals surface area contributed by atoms with Crippen LogP contribution in [0.25, 0.3) is 11.1 Å². The molecule has 2 rings (SSSR count). The van der Waals surface area contributed by atoms with E-state index >= 15 is 0 Å². The highest BCUT2D eigenvalue weighted by atomic mass is 35.5. The number of ether oxygens (including phenoxy) is 1. The van der Waals surface area contributed by atoms with Crippen molar-refractivity contribution in [2.45, 2.75) is 13.1 Å². The van der Waals surface area contributed by atoms with E-state index in [1.54, 1.807) is 0 Å². The number of rotatable bonds is 4. The number of carbonyl (C=O) groups excluding carboxylic acids is 1. The van der Waals surface area contributed by atoms with Crippen molar-refractivity contribution in [2.24, 2.45) is 0 Å². The van der Waals surface area contributed by atoms with Gasteiger partial charge < -0.3 is 4.74 Å². The molecule has 0 spiro atoms. The minimum atomic E-state index is -4.58. The third-order valence-corrected chi connectivity index (χ3v) is 3.03. The van der Waals surface area contributed by atoms with E-state index < -0.39 is 24.2 Å². The van der Waals surface area contributed by atoms with Gasteiger partial charge in [0.1, 0.15) is 0 Å². The summed E-state index contributed by atoms with van der Waals surface area (Å²) in [5.41, 5.74) is -0.362. The van der Waals surface area contributed by atoms with Crippen LogP contribution in [0, 0.1) is 0 Å². The molecule has 1 N–H and O–H groups in total. The molecule has 0 atom stereocenters. The number of ketones is 1. The Labute approximate surface area is 133 Å². The molecule has 2 aromatic rings. The molecule has 0 saturated heterocycles. The van der Waals surface area contributed by atoms with Crippen molar-refractivity contribution >= 4 is 17.4 Å². The Balaban J connectivity index is 2.59. The summed E-state index contributed by atoms with van der Waals surface area (Å²) in [4.78, 5) is 23.2. The third-order valence-electron chi connectivity index (χ3n) is 2.80. The molecule has 23 heavy (non-hydrogen) atoms. The quantitative estimate of drug-likeness (QED) is 0.863. The highest BCUT2D eigenvalue weighted by Gasteiger charge is 2.29. The molecular weight excluding hydrogens is 337 g/mol. The van der Waals surface area contributed by atoms with Crippen LogP contribution < -0.4 is 10.3 Å². The Kier molecular flexibility index (Phi) is 4.74. The standard InChI is InChI=1S/C14H10ClF3N2O3/c1-7(21)9-3-2-8(15)4-10(9)11-5-12(22)19-20-13(11)23-6-14(16,17)18/h2-5H,6H2,1H3,(H,19,22). The zero-order valence-electron chi connectivity index (χ0n) is 11.7. The van der Waals surface area contributed by atoms with Crippen LogP contribution in [0.5, 0.6) is 5.88 Å². The second kappa shape index (κ2) is 6.41.